The van der Waals surface area contributed by atoms with Gasteiger partial charge in [0, 0.05) is 48.0 Å². The van der Waals surface area contributed by atoms with Gasteiger partial charge in [-0.25, -0.2) is 9.78 Å². The van der Waals surface area contributed by atoms with Gasteiger partial charge in [0.05, 0.1) is 0 Å². The number of hydrogen-bond acceptors (Lipinski definition) is 4. The van der Waals surface area contributed by atoms with Crippen LogP contribution in [0.4, 0.5) is 10.6 Å². The van der Waals surface area contributed by atoms with Crippen molar-refractivity contribution in [3.05, 3.63) is 53.2 Å². The second kappa shape index (κ2) is 11.2. The van der Waals surface area contributed by atoms with Crippen molar-refractivity contribution in [3.8, 4) is 0 Å². The van der Waals surface area contributed by atoms with E-state index in [1.54, 1.807) is 11.8 Å². The predicted octanol–water partition coefficient (Wildman–Crippen LogP) is 4.71. The van der Waals surface area contributed by atoms with Gasteiger partial charge in [-0.2, -0.15) is 0 Å². The van der Waals surface area contributed by atoms with E-state index in [-0.39, 0.29) is 6.03 Å². The molecule has 1 aromatic carbocycles. The van der Waals surface area contributed by atoms with E-state index >= 15 is 0 Å². The first-order chi connectivity index (χ1) is 13.7. The number of pyridine rings is 1. The van der Waals surface area contributed by atoms with Crippen molar-refractivity contribution in [2.45, 2.75) is 37.1 Å². The lowest BCUT2D eigenvalue weighted by Gasteiger charge is -2.21. The lowest BCUT2D eigenvalue weighted by Crippen LogP contribution is -2.36. The van der Waals surface area contributed by atoms with Crippen LogP contribution in [-0.2, 0) is 6.54 Å². The van der Waals surface area contributed by atoms with Gasteiger partial charge in [-0.05, 0) is 48.7 Å². The van der Waals surface area contributed by atoms with Gasteiger partial charge in [0.15, 0.2) is 0 Å². The van der Waals surface area contributed by atoms with Crippen LogP contribution >= 0.6 is 23.4 Å². The van der Waals surface area contributed by atoms with Gasteiger partial charge in [0.1, 0.15) is 5.82 Å². The first kappa shape index (κ1) is 20.8. The van der Waals surface area contributed by atoms with Crippen molar-refractivity contribution in [1.29, 1.82) is 0 Å². The van der Waals surface area contributed by atoms with Crippen LogP contribution in [0.15, 0.2) is 47.5 Å². The maximum absolute atomic E-state index is 11.9. The first-order valence-electron chi connectivity index (χ1n) is 9.81. The highest BCUT2D eigenvalue weighted by molar-refractivity contribution is 7.99. The number of rotatable bonds is 7. The summed E-state index contributed by atoms with van der Waals surface area (Å²) in [6.45, 7) is 3.25. The maximum Gasteiger partial charge on any atom is 0.315 e. The number of nitrogens with one attached hydrogen (secondary N) is 2. The average Bonchev–Trinajstić information content (AvgIpc) is 3.01. The van der Waals surface area contributed by atoms with Crippen LogP contribution in [-0.4, -0.2) is 36.4 Å². The monoisotopic (exact) mass is 418 g/mol. The molecule has 150 valence electrons. The molecule has 0 atom stereocenters. The van der Waals surface area contributed by atoms with Crippen molar-refractivity contribution in [2.24, 2.45) is 0 Å². The Morgan fingerprint density at radius 3 is 2.46 bits per heavy atom. The van der Waals surface area contributed by atoms with Gasteiger partial charge < -0.3 is 15.5 Å². The Morgan fingerprint density at radius 2 is 1.79 bits per heavy atom. The van der Waals surface area contributed by atoms with Gasteiger partial charge in [0.2, 0.25) is 0 Å². The third-order valence-electron chi connectivity index (χ3n) is 4.66. The number of thioether (sulfide) groups is 1. The number of benzene rings is 1. The molecule has 0 aliphatic carbocycles. The number of nitrogens with zero attached hydrogens (tertiary/aromatic N) is 2. The molecule has 28 heavy (non-hydrogen) atoms. The third-order valence-corrected chi connectivity index (χ3v) is 5.93. The van der Waals surface area contributed by atoms with E-state index in [2.05, 4.69) is 26.6 Å². The molecule has 0 saturated carbocycles. The van der Waals surface area contributed by atoms with E-state index in [4.69, 9.17) is 11.6 Å². The molecule has 0 bridgehead atoms. The second-order valence-electron chi connectivity index (χ2n) is 6.84. The molecule has 2 amide bonds. The summed E-state index contributed by atoms with van der Waals surface area (Å²) in [6.07, 6.45) is 6.96. The zero-order valence-corrected chi connectivity index (χ0v) is 17.6. The van der Waals surface area contributed by atoms with Crippen LogP contribution in [0.2, 0.25) is 5.02 Å². The highest BCUT2D eigenvalue weighted by atomic mass is 35.5. The van der Waals surface area contributed by atoms with Crippen molar-refractivity contribution in [3.63, 3.8) is 0 Å². The highest BCUT2D eigenvalue weighted by Crippen LogP contribution is 2.20. The molecule has 1 fully saturated rings. The Kier molecular flexibility index (Phi) is 8.30. The van der Waals surface area contributed by atoms with Gasteiger partial charge >= 0.3 is 6.03 Å². The number of hydrogen-bond donors (Lipinski definition) is 2. The molecule has 2 aromatic rings. The van der Waals surface area contributed by atoms with Crippen LogP contribution in [0.25, 0.3) is 0 Å². The van der Waals surface area contributed by atoms with E-state index in [9.17, 15) is 4.79 Å². The summed E-state index contributed by atoms with van der Waals surface area (Å²) < 4.78 is 0. The Morgan fingerprint density at radius 1 is 1.04 bits per heavy atom. The average molecular weight is 419 g/mol. The molecule has 1 saturated heterocycles. The fourth-order valence-corrected chi connectivity index (χ4v) is 4.01. The van der Waals surface area contributed by atoms with E-state index in [0.717, 1.165) is 40.1 Å². The summed E-state index contributed by atoms with van der Waals surface area (Å²) >= 11 is 7.56. The SMILES string of the molecule is O=C(NCCSc1ccc(Cl)cc1)NCc1ccc(N2CCCCCC2)nc1. The van der Waals surface area contributed by atoms with Gasteiger partial charge in [-0.15, -0.1) is 11.8 Å². The van der Waals surface area contributed by atoms with Crippen LogP contribution in [0.1, 0.15) is 31.2 Å². The lowest BCUT2D eigenvalue weighted by molar-refractivity contribution is 0.241. The summed E-state index contributed by atoms with van der Waals surface area (Å²) in [7, 11) is 0. The minimum absolute atomic E-state index is 0.159. The molecule has 0 radical (unpaired) electrons. The Balaban J connectivity index is 1.34. The van der Waals surface area contributed by atoms with Crippen LogP contribution in [0, 0.1) is 0 Å². The third kappa shape index (κ3) is 6.91. The second-order valence-corrected chi connectivity index (χ2v) is 8.44. The zero-order valence-electron chi connectivity index (χ0n) is 16.0. The van der Waals surface area contributed by atoms with Gasteiger partial charge in [0.25, 0.3) is 0 Å². The molecular formula is C21H27ClN4OS. The number of aromatic nitrogens is 1. The molecule has 0 spiro atoms. The maximum atomic E-state index is 11.9. The van der Waals surface area contributed by atoms with E-state index in [1.165, 1.54) is 25.7 Å². The van der Waals surface area contributed by atoms with E-state index in [0.29, 0.717) is 13.1 Å². The van der Waals surface area contributed by atoms with Crippen molar-refractivity contribution in [2.75, 3.05) is 30.3 Å². The molecule has 7 heteroatoms. The largest absolute Gasteiger partial charge is 0.357 e. The molecular weight excluding hydrogens is 392 g/mol. The molecule has 0 unspecified atom stereocenters. The Bertz CT molecular complexity index is 731. The van der Waals surface area contributed by atoms with Crippen LogP contribution < -0.4 is 15.5 Å². The zero-order chi connectivity index (χ0) is 19.6. The summed E-state index contributed by atoms with van der Waals surface area (Å²) in [5, 5.41) is 6.49. The fourth-order valence-electron chi connectivity index (χ4n) is 3.12. The van der Waals surface area contributed by atoms with Gasteiger partial charge in [-0.3, -0.25) is 0 Å². The summed E-state index contributed by atoms with van der Waals surface area (Å²) in [5.74, 6) is 1.84. The quantitative estimate of drug-likeness (QED) is 0.505. The van der Waals surface area contributed by atoms with Crippen LogP contribution in [0.5, 0.6) is 0 Å². The fraction of sp³-hybridized carbons (Fsp3) is 0.429. The first-order valence-corrected chi connectivity index (χ1v) is 11.2. The molecule has 1 aromatic heterocycles. The number of halogens is 1. The molecule has 2 heterocycles. The summed E-state index contributed by atoms with van der Waals surface area (Å²) in [4.78, 5) is 20.0. The number of urea groups is 1. The molecule has 3 rings (SSSR count). The van der Waals surface area contributed by atoms with Crippen molar-refractivity contribution < 1.29 is 4.79 Å². The molecule has 5 nitrogen and oxygen atoms in total. The number of anilines is 1. The van der Waals surface area contributed by atoms with E-state index in [1.807, 2.05) is 36.5 Å². The molecule has 1 aliphatic heterocycles. The summed E-state index contributed by atoms with van der Waals surface area (Å²) in [6, 6.07) is 11.7. The highest BCUT2D eigenvalue weighted by Gasteiger charge is 2.10. The van der Waals surface area contributed by atoms with Crippen molar-refractivity contribution in [1.82, 2.24) is 15.6 Å². The number of carbonyl (C=O) groups excluding carboxylic acids is 1. The van der Waals surface area contributed by atoms with Crippen LogP contribution in [0.3, 0.4) is 0 Å². The van der Waals surface area contributed by atoms with Crippen molar-refractivity contribution >= 4 is 35.2 Å². The Hall–Kier alpha value is -1.92. The predicted molar refractivity (Wildman–Crippen MR) is 117 cm³/mol. The minimum atomic E-state index is -0.159. The minimum Gasteiger partial charge on any atom is -0.357 e. The lowest BCUT2D eigenvalue weighted by atomic mass is 10.2. The smallest absolute Gasteiger partial charge is 0.315 e. The molecule has 1 aliphatic rings. The topological polar surface area (TPSA) is 57.3 Å². The normalized spacial score (nSPS) is 14.4. The Labute approximate surface area is 176 Å². The van der Waals surface area contributed by atoms with E-state index < -0.39 is 0 Å². The standard InChI is InChI=1S/C21H27ClN4OS/c22-18-6-8-19(9-7-18)28-14-11-23-21(27)25-16-17-5-10-20(24-15-17)26-12-3-1-2-4-13-26/h5-10,15H,1-4,11-14,16H2,(H2,23,25,27). The summed E-state index contributed by atoms with van der Waals surface area (Å²) in [5.41, 5.74) is 1.00. The van der Waals surface area contributed by atoms with Gasteiger partial charge in [-0.1, -0.05) is 30.5 Å². The molecule has 2 N–H and O–H groups in total. The number of carbonyl (C=O) groups is 1. The number of amides is 2.